The largest absolute Gasteiger partial charge is 0.450 e. The Labute approximate surface area is 147 Å². The molecule has 0 saturated heterocycles. The van der Waals surface area contributed by atoms with Crippen LogP contribution in [0.25, 0.3) is 11.0 Å². The van der Waals surface area contributed by atoms with Crippen LogP contribution in [0.15, 0.2) is 28.7 Å². The van der Waals surface area contributed by atoms with E-state index in [1.807, 2.05) is 45.9 Å². The lowest BCUT2D eigenvalue weighted by Crippen LogP contribution is -2.31. The molecule has 1 amide bonds. The minimum absolute atomic E-state index is 0.0133. The highest BCUT2D eigenvalue weighted by molar-refractivity contribution is 5.96. The first-order valence-electron chi connectivity index (χ1n) is 8.44. The third kappa shape index (κ3) is 5.32. The summed E-state index contributed by atoms with van der Waals surface area (Å²) in [6.07, 6.45) is 0.0133. The molecule has 136 valence electrons. The van der Waals surface area contributed by atoms with Gasteiger partial charge in [0.1, 0.15) is 5.58 Å². The maximum atomic E-state index is 12.4. The number of ether oxygens (including phenoxy) is 2. The Bertz CT molecular complexity index is 732. The lowest BCUT2D eigenvalue weighted by atomic mass is 10.1. The molecule has 0 atom stereocenters. The molecule has 0 saturated carbocycles. The van der Waals surface area contributed by atoms with Crippen molar-refractivity contribution in [3.63, 3.8) is 0 Å². The predicted octanol–water partition coefficient (Wildman–Crippen LogP) is 3.29. The van der Waals surface area contributed by atoms with Crippen LogP contribution in [-0.4, -0.2) is 31.1 Å². The summed E-state index contributed by atoms with van der Waals surface area (Å²) in [7, 11) is 0. The quantitative estimate of drug-likeness (QED) is 0.742. The fraction of sp³-hybridized carbons (Fsp3) is 0.474. The number of hydrogen-bond acceptors (Lipinski definition) is 5. The number of carbonyl (C=O) groups is 2. The summed E-state index contributed by atoms with van der Waals surface area (Å²) < 4.78 is 16.4. The van der Waals surface area contributed by atoms with Gasteiger partial charge in [-0.3, -0.25) is 4.79 Å². The van der Waals surface area contributed by atoms with E-state index in [2.05, 4.69) is 5.32 Å². The van der Waals surface area contributed by atoms with Crippen LogP contribution in [0, 0.1) is 5.92 Å². The molecule has 0 spiro atoms. The SMILES string of the molecule is CC(C)CNC(=O)COC(=O)c1oc2ccccc2c1COC(C)C. The molecule has 2 rings (SSSR count). The van der Waals surface area contributed by atoms with Crippen molar-refractivity contribution in [2.24, 2.45) is 5.92 Å². The zero-order chi connectivity index (χ0) is 18.4. The molecule has 0 bridgehead atoms. The first kappa shape index (κ1) is 19.0. The molecule has 6 nitrogen and oxygen atoms in total. The summed E-state index contributed by atoms with van der Waals surface area (Å²) in [5, 5.41) is 3.50. The maximum absolute atomic E-state index is 12.4. The summed E-state index contributed by atoms with van der Waals surface area (Å²) in [6.45, 7) is 8.24. The third-order valence-electron chi connectivity index (χ3n) is 3.49. The monoisotopic (exact) mass is 347 g/mol. The van der Waals surface area contributed by atoms with E-state index in [9.17, 15) is 9.59 Å². The zero-order valence-electron chi connectivity index (χ0n) is 15.1. The van der Waals surface area contributed by atoms with Gasteiger partial charge < -0.3 is 19.2 Å². The molecular formula is C19H25NO5. The Hall–Kier alpha value is -2.34. The van der Waals surface area contributed by atoms with Crippen molar-refractivity contribution in [1.82, 2.24) is 5.32 Å². The first-order chi connectivity index (χ1) is 11.9. The number of benzene rings is 1. The number of furan rings is 1. The molecule has 0 aliphatic carbocycles. The van der Waals surface area contributed by atoms with Gasteiger partial charge in [-0.2, -0.15) is 0 Å². The van der Waals surface area contributed by atoms with E-state index in [0.717, 1.165) is 5.39 Å². The summed E-state index contributed by atoms with van der Waals surface area (Å²) >= 11 is 0. The van der Waals surface area contributed by atoms with Crippen LogP contribution >= 0.6 is 0 Å². The highest BCUT2D eigenvalue weighted by atomic mass is 16.5. The predicted molar refractivity (Wildman–Crippen MR) is 94.3 cm³/mol. The van der Waals surface area contributed by atoms with Gasteiger partial charge >= 0.3 is 5.97 Å². The van der Waals surface area contributed by atoms with Gasteiger partial charge in [-0.1, -0.05) is 32.0 Å². The Morgan fingerprint density at radius 1 is 1.16 bits per heavy atom. The fourth-order valence-electron chi connectivity index (χ4n) is 2.22. The number of para-hydroxylation sites is 1. The molecule has 0 aliphatic heterocycles. The van der Waals surface area contributed by atoms with Crippen LogP contribution in [0.4, 0.5) is 0 Å². The van der Waals surface area contributed by atoms with Gasteiger partial charge in [0.05, 0.1) is 12.7 Å². The zero-order valence-corrected chi connectivity index (χ0v) is 15.1. The topological polar surface area (TPSA) is 77.8 Å². The van der Waals surface area contributed by atoms with Crippen molar-refractivity contribution in [3.05, 3.63) is 35.6 Å². The Morgan fingerprint density at radius 2 is 1.88 bits per heavy atom. The lowest BCUT2D eigenvalue weighted by Gasteiger charge is -2.09. The molecule has 1 aromatic carbocycles. The van der Waals surface area contributed by atoms with Crippen LogP contribution in [-0.2, 0) is 20.9 Å². The molecule has 25 heavy (non-hydrogen) atoms. The molecular weight excluding hydrogens is 322 g/mol. The second-order valence-corrected chi connectivity index (χ2v) is 6.54. The van der Waals surface area contributed by atoms with E-state index in [-0.39, 0.29) is 31.0 Å². The van der Waals surface area contributed by atoms with Gasteiger partial charge in [-0.05, 0) is 25.8 Å². The molecule has 0 unspecified atom stereocenters. The van der Waals surface area contributed by atoms with Crippen molar-refractivity contribution in [1.29, 1.82) is 0 Å². The van der Waals surface area contributed by atoms with Crippen LogP contribution < -0.4 is 5.32 Å². The molecule has 0 aliphatic rings. The van der Waals surface area contributed by atoms with Crippen LogP contribution in [0.2, 0.25) is 0 Å². The fourth-order valence-corrected chi connectivity index (χ4v) is 2.22. The number of hydrogen-bond donors (Lipinski definition) is 1. The van der Waals surface area contributed by atoms with Crippen molar-refractivity contribution in [2.75, 3.05) is 13.2 Å². The summed E-state index contributed by atoms with van der Waals surface area (Å²) in [6, 6.07) is 7.34. The third-order valence-corrected chi connectivity index (χ3v) is 3.49. The van der Waals surface area contributed by atoms with E-state index < -0.39 is 5.97 Å². The molecule has 2 aromatic rings. The van der Waals surface area contributed by atoms with Gasteiger partial charge in [-0.15, -0.1) is 0 Å². The average Bonchev–Trinajstić information content (AvgIpc) is 2.94. The van der Waals surface area contributed by atoms with Gasteiger partial charge in [0, 0.05) is 17.5 Å². The smallest absolute Gasteiger partial charge is 0.375 e. The van der Waals surface area contributed by atoms with Crippen LogP contribution in [0.1, 0.15) is 43.8 Å². The van der Waals surface area contributed by atoms with E-state index in [4.69, 9.17) is 13.9 Å². The first-order valence-corrected chi connectivity index (χ1v) is 8.44. The average molecular weight is 347 g/mol. The summed E-state index contributed by atoms with van der Waals surface area (Å²) in [5.74, 6) is -0.593. The highest BCUT2D eigenvalue weighted by Gasteiger charge is 2.23. The van der Waals surface area contributed by atoms with E-state index in [1.54, 1.807) is 6.07 Å². The molecule has 0 fully saturated rings. The number of fused-ring (bicyclic) bond motifs is 1. The van der Waals surface area contributed by atoms with Gasteiger partial charge in [-0.25, -0.2) is 4.79 Å². The van der Waals surface area contributed by atoms with E-state index >= 15 is 0 Å². The van der Waals surface area contributed by atoms with Gasteiger partial charge in [0.25, 0.3) is 5.91 Å². The molecule has 1 N–H and O–H groups in total. The Kier molecular flexibility index (Phi) is 6.58. The normalized spacial score (nSPS) is 11.3. The second-order valence-electron chi connectivity index (χ2n) is 6.54. The van der Waals surface area contributed by atoms with Crippen molar-refractivity contribution in [2.45, 2.75) is 40.4 Å². The molecule has 1 heterocycles. The van der Waals surface area contributed by atoms with E-state index in [1.165, 1.54) is 0 Å². The molecule has 0 radical (unpaired) electrons. The van der Waals surface area contributed by atoms with Gasteiger partial charge in [0.15, 0.2) is 6.61 Å². The second kappa shape index (κ2) is 8.67. The Morgan fingerprint density at radius 3 is 2.56 bits per heavy atom. The minimum Gasteiger partial charge on any atom is -0.450 e. The summed E-state index contributed by atoms with van der Waals surface area (Å²) in [4.78, 5) is 24.1. The van der Waals surface area contributed by atoms with Crippen molar-refractivity contribution < 1.29 is 23.5 Å². The highest BCUT2D eigenvalue weighted by Crippen LogP contribution is 2.27. The standard InChI is InChI=1S/C19H25NO5/c1-12(2)9-20-17(21)11-24-19(22)18-15(10-23-13(3)4)14-7-5-6-8-16(14)25-18/h5-8,12-13H,9-11H2,1-4H3,(H,20,21). The number of carbonyl (C=O) groups excluding carboxylic acids is 2. The van der Waals surface area contributed by atoms with Crippen molar-refractivity contribution >= 4 is 22.8 Å². The maximum Gasteiger partial charge on any atom is 0.375 e. The number of esters is 1. The molecule has 1 aromatic heterocycles. The summed E-state index contributed by atoms with van der Waals surface area (Å²) in [5.41, 5.74) is 1.22. The lowest BCUT2D eigenvalue weighted by molar-refractivity contribution is -0.124. The van der Waals surface area contributed by atoms with E-state index in [0.29, 0.717) is 23.6 Å². The van der Waals surface area contributed by atoms with Crippen LogP contribution in [0.3, 0.4) is 0 Å². The van der Waals surface area contributed by atoms with Crippen LogP contribution in [0.5, 0.6) is 0 Å². The number of rotatable bonds is 8. The number of amides is 1. The number of nitrogens with one attached hydrogen (secondary N) is 1. The minimum atomic E-state index is -0.668. The Balaban J connectivity index is 2.11. The molecule has 6 heteroatoms. The van der Waals surface area contributed by atoms with Crippen molar-refractivity contribution in [3.8, 4) is 0 Å². The van der Waals surface area contributed by atoms with Gasteiger partial charge in [0.2, 0.25) is 5.76 Å².